The molecule has 1 aromatic carbocycles. The number of piperidine rings is 1. The van der Waals surface area contributed by atoms with Gasteiger partial charge in [0.05, 0.1) is 12.5 Å². The summed E-state index contributed by atoms with van der Waals surface area (Å²) < 4.78 is 0. The monoisotopic (exact) mass is 319 g/mol. The van der Waals surface area contributed by atoms with Gasteiger partial charge in [-0.15, -0.1) is 0 Å². The molecule has 1 atom stereocenters. The van der Waals surface area contributed by atoms with E-state index >= 15 is 0 Å². The van der Waals surface area contributed by atoms with Crippen LogP contribution in [0.3, 0.4) is 0 Å². The van der Waals surface area contributed by atoms with Crippen molar-refractivity contribution in [2.24, 2.45) is 5.92 Å². The van der Waals surface area contributed by atoms with E-state index in [1.807, 2.05) is 25.1 Å². The zero-order valence-corrected chi connectivity index (χ0v) is 13.0. The Bertz CT molecular complexity index is 603. The van der Waals surface area contributed by atoms with Crippen molar-refractivity contribution >= 4 is 23.6 Å². The number of nitrogens with one attached hydrogen (secondary N) is 2. The Morgan fingerprint density at radius 1 is 1.35 bits per heavy atom. The highest BCUT2D eigenvalue weighted by Crippen LogP contribution is 2.16. The Morgan fingerprint density at radius 2 is 2.13 bits per heavy atom. The first-order chi connectivity index (χ1) is 11.0. The molecule has 1 aromatic rings. The number of carbonyl (C=O) groups excluding carboxylic acids is 2. The number of aryl methyl sites for hydroxylation is 1. The molecule has 7 nitrogen and oxygen atoms in total. The molecule has 3 N–H and O–H groups in total. The molecule has 23 heavy (non-hydrogen) atoms. The van der Waals surface area contributed by atoms with Crippen molar-refractivity contribution in [3.63, 3.8) is 0 Å². The molecule has 3 amide bonds. The number of carbonyl (C=O) groups is 3. The van der Waals surface area contributed by atoms with Gasteiger partial charge in [-0.1, -0.05) is 12.1 Å². The van der Waals surface area contributed by atoms with E-state index in [9.17, 15) is 14.4 Å². The van der Waals surface area contributed by atoms with Crippen molar-refractivity contribution in [1.29, 1.82) is 0 Å². The molecular weight excluding hydrogens is 298 g/mol. The number of rotatable bonds is 4. The summed E-state index contributed by atoms with van der Waals surface area (Å²) in [6, 6.07) is 6.87. The maximum Gasteiger partial charge on any atom is 0.319 e. The number of hydrogen-bond acceptors (Lipinski definition) is 3. The first kappa shape index (κ1) is 16.8. The molecule has 0 spiro atoms. The fourth-order valence-corrected chi connectivity index (χ4v) is 2.57. The third-order valence-corrected chi connectivity index (χ3v) is 3.80. The van der Waals surface area contributed by atoms with Gasteiger partial charge in [0.2, 0.25) is 5.91 Å². The summed E-state index contributed by atoms with van der Waals surface area (Å²) in [5.74, 6) is -1.67. The van der Waals surface area contributed by atoms with Crippen molar-refractivity contribution in [3.05, 3.63) is 29.8 Å². The number of likely N-dealkylation sites (tertiary alicyclic amines) is 1. The molecule has 2 rings (SSSR count). The lowest BCUT2D eigenvalue weighted by atomic mass is 9.98. The predicted molar refractivity (Wildman–Crippen MR) is 85.1 cm³/mol. The van der Waals surface area contributed by atoms with Crippen LogP contribution in [0, 0.1) is 12.8 Å². The normalized spacial score (nSPS) is 17.4. The van der Waals surface area contributed by atoms with Crippen molar-refractivity contribution in [3.8, 4) is 0 Å². The van der Waals surface area contributed by atoms with Gasteiger partial charge in [-0.3, -0.25) is 9.59 Å². The predicted octanol–water partition coefficient (Wildman–Crippen LogP) is 1.44. The van der Waals surface area contributed by atoms with E-state index in [-0.39, 0.29) is 19.0 Å². The van der Waals surface area contributed by atoms with Crippen molar-refractivity contribution in [2.45, 2.75) is 19.8 Å². The highest BCUT2D eigenvalue weighted by atomic mass is 16.4. The molecule has 124 valence electrons. The van der Waals surface area contributed by atoms with Gasteiger partial charge in [-0.25, -0.2) is 4.79 Å². The minimum absolute atomic E-state index is 0.149. The van der Waals surface area contributed by atoms with Gasteiger partial charge >= 0.3 is 12.0 Å². The Kier molecular flexibility index (Phi) is 5.56. The number of urea groups is 1. The topological polar surface area (TPSA) is 98.7 Å². The smallest absolute Gasteiger partial charge is 0.319 e. The van der Waals surface area contributed by atoms with Gasteiger partial charge in [0.1, 0.15) is 0 Å². The Hall–Kier alpha value is -2.57. The van der Waals surface area contributed by atoms with Gasteiger partial charge in [0.15, 0.2) is 0 Å². The Labute approximate surface area is 134 Å². The summed E-state index contributed by atoms with van der Waals surface area (Å²) in [5, 5.41) is 14.2. The van der Waals surface area contributed by atoms with Crippen LogP contribution in [0.4, 0.5) is 10.5 Å². The minimum Gasteiger partial charge on any atom is -0.481 e. The van der Waals surface area contributed by atoms with Crippen LogP contribution in [0.25, 0.3) is 0 Å². The van der Waals surface area contributed by atoms with Crippen molar-refractivity contribution in [2.75, 3.05) is 25.0 Å². The van der Waals surface area contributed by atoms with Gasteiger partial charge < -0.3 is 20.6 Å². The van der Waals surface area contributed by atoms with E-state index in [4.69, 9.17) is 5.11 Å². The van der Waals surface area contributed by atoms with E-state index in [0.717, 1.165) is 5.56 Å². The summed E-state index contributed by atoms with van der Waals surface area (Å²) in [6.45, 7) is 2.50. The third kappa shape index (κ3) is 4.98. The average molecular weight is 319 g/mol. The van der Waals surface area contributed by atoms with Crippen LogP contribution in [0.1, 0.15) is 18.4 Å². The summed E-state index contributed by atoms with van der Waals surface area (Å²) in [6.07, 6.45) is 1.25. The molecule has 0 saturated carbocycles. The van der Waals surface area contributed by atoms with E-state index in [0.29, 0.717) is 25.1 Å². The van der Waals surface area contributed by atoms with E-state index < -0.39 is 17.9 Å². The van der Waals surface area contributed by atoms with Crippen LogP contribution >= 0.6 is 0 Å². The molecular formula is C16H21N3O4. The van der Waals surface area contributed by atoms with E-state index in [1.165, 1.54) is 4.90 Å². The zero-order chi connectivity index (χ0) is 16.8. The summed E-state index contributed by atoms with van der Waals surface area (Å²) >= 11 is 0. The molecule has 1 heterocycles. The second-order valence-electron chi connectivity index (χ2n) is 5.69. The maximum absolute atomic E-state index is 12.1. The van der Waals surface area contributed by atoms with Gasteiger partial charge in [0, 0.05) is 18.8 Å². The lowest BCUT2D eigenvalue weighted by Gasteiger charge is -2.30. The fraction of sp³-hybridized carbons (Fsp3) is 0.438. The van der Waals surface area contributed by atoms with E-state index in [1.54, 1.807) is 6.07 Å². The first-order valence-corrected chi connectivity index (χ1v) is 7.58. The second-order valence-corrected chi connectivity index (χ2v) is 5.69. The number of benzene rings is 1. The summed E-state index contributed by atoms with van der Waals surface area (Å²) in [5.41, 5.74) is 1.67. The van der Waals surface area contributed by atoms with Crippen LogP contribution in [0.2, 0.25) is 0 Å². The largest absolute Gasteiger partial charge is 0.481 e. The molecule has 0 bridgehead atoms. The minimum atomic E-state index is -0.882. The molecule has 0 aliphatic carbocycles. The molecule has 1 saturated heterocycles. The van der Waals surface area contributed by atoms with Crippen LogP contribution in [-0.2, 0) is 9.59 Å². The fourth-order valence-electron chi connectivity index (χ4n) is 2.57. The highest BCUT2D eigenvalue weighted by molar-refractivity contribution is 5.92. The van der Waals surface area contributed by atoms with Crippen LogP contribution < -0.4 is 10.6 Å². The van der Waals surface area contributed by atoms with Gasteiger partial charge in [0.25, 0.3) is 0 Å². The second kappa shape index (κ2) is 7.62. The lowest BCUT2D eigenvalue weighted by Crippen LogP contribution is -2.47. The van der Waals surface area contributed by atoms with Crippen LogP contribution in [0.5, 0.6) is 0 Å². The summed E-state index contributed by atoms with van der Waals surface area (Å²) in [7, 11) is 0. The molecule has 1 unspecified atom stereocenters. The molecule has 0 radical (unpaired) electrons. The maximum atomic E-state index is 12.1. The lowest BCUT2D eigenvalue weighted by molar-refractivity contribution is -0.145. The third-order valence-electron chi connectivity index (χ3n) is 3.80. The number of anilines is 1. The van der Waals surface area contributed by atoms with Gasteiger partial charge in [-0.05, 0) is 37.5 Å². The number of amides is 3. The average Bonchev–Trinajstić information content (AvgIpc) is 2.52. The molecule has 1 fully saturated rings. The number of nitrogens with zero attached hydrogens (tertiary/aromatic N) is 1. The Morgan fingerprint density at radius 3 is 2.83 bits per heavy atom. The number of hydrogen-bond donors (Lipinski definition) is 3. The zero-order valence-electron chi connectivity index (χ0n) is 13.0. The molecule has 7 heteroatoms. The highest BCUT2D eigenvalue weighted by Gasteiger charge is 2.27. The van der Waals surface area contributed by atoms with Crippen LogP contribution in [-0.4, -0.2) is 47.5 Å². The Balaban J connectivity index is 1.79. The van der Waals surface area contributed by atoms with Crippen molar-refractivity contribution in [1.82, 2.24) is 10.2 Å². The molecule has 1 aliphatic heterocycles. The number of carboxylic acid groups (broad SMARTS) is 1. The number of aliphatic carboxylic acids is 1. The SMILES string of the molecule is Cc1cccc(NC(=O)NCC(=O)N2CCCC(C(=O)O)C2)c1. The quantitative estimate of drug-likeness (QED) is 0.782. The molecule has 0 aromatic heterocycles. The first-order valence-electron chi connectivity index (χ1n) is 7.58. The van der Waals surface area contributed by atoms with Gasteiger partial charge in [-0.2, -0.15) is 0 Å². The molecule has 1 aliphatic rings. The van der Waals surface area contributed by atoms with Crippen LogP contribution in [0.15, 0.2) is 24.3 Å². The number of carboxylic acids is 1. The summed E-state index contributed by atoms with van der Waals surface area (Å²) in [4.78, 5) is 36.4. The van der Waals surface area contributed by atoms with E-state index in [2.05, 4.69) is 10.6 Å². The van der Waals surface area contributed by atoms with Crippen molar-refractivity contribution < 1.29 is 19.5 Å². The standard InChI is InChI=1S/C16H21N3O4/c1-11-4-2-6-13(8-11)18-16(23)17-9-14(20)19-7-3-5-12(10-19)15(21)22/h2,4,6,8,12H,3,5,7,9-10H2,1H3,(H,21,22)(H2,17,18,23).